The fourth-order valence-corrected chi connectivity index (χ4v) is 3.13. The molecule has 0 saturated heterocycles. The van der Waals surface area contributed by atoms with Gasteiger partial charge in [0.2, 0.25) is 10.0 Å². The van der Waals surface area contributed by atoms with Gasteiger partial charge < -0.3 is 0 Å². The van der Waals surface area contributed by atoms with E-state index in [-0.39, 0.29) is 4.90 Å². The van der Waals surface area contributed by atoms with Crippen molar-refractivity contribution < 1.29 is 12.8 Å². The van der Waals surface area contributed by atoms with Crippen LogP contribution in [0.2, 0.25) is 0 Å². The van der Waals surface area contributed by atoms with Crippen molar-refractivity contribution in [1.29, 1.82) is 0 Å². The van der Waals surface area contributed by atoms with Crippen LogP contribution in [0, 0.1) is 5.82 Å². The molecule has 0 aliphatic heterocycles. The number of hydrogen-bond acceptors (Lipinski definition) is 2. The zero-order chi connectivity index (χ0) is 15.1. The third-order valence-corrected chi connectivity index (χ3v) is 4.59. The molecule has 0 heterocycles. The van der Waals surface area contributed by atoms with Gasteiger partial charge in [-0.05, 0) is 43.0 Å². The van der Waals surface area contributed by atoms with Gasteiger partial charge in [0.1, 0.15) is 5.82 Å². The summed E-state index contributed by atoms with van der Waals surface area (Å²) in [5, 5.41) is 0. The first-order valence-electron chi connectivity index (χ1n) is 6.87. The molecule has 2 aromatic carbocycles. The molecule has 0 aliphatic rings. The first kappa shape index (κ1) is 15.7. The number of unbranched alkanes of at least 4 members (excludes halogenated alkanes) is 1. The first-order valence-corrected chi connectivity index (χ1v) is 8.35. The Bertz CT molecular complexity index is 672. The Morgan fingerprint density at radius 1 is 0.952 bits per heavy atom. The summed E-state index contributed by atoms with van der Waals surface area (Å²) in [6.45, 7) is 0.353. The highest BCUT2D eigenvalue weighted by Gasteiger charge is 2.13. The molecular formula is C16H18FNO2S. The molecule has 21 heavy (non-hydrogen) atoms. The van der Waals surface area contributed by atoms with E-state index in [1.807, 2.05) is 18.2 Å². The van der Waals surface area contributed by atoms with Crippen molar-refractivity contribution in [2.45, 2.75) is 24.2 Å². The van der Waals surface area contributed by atoms with Crippen LogP contribution in [0.5, 0.6) is 0 Å². The molecule has 1 N–H and O–H groups in total. The van der Waals surface area contributed by atoms with Crippen LogP contribution in [0.1, 0.15) is 18.4 Å². The molecule has 0 spiro atoms. The van der Waals surface area contributed by atoms with Gasteiger partial charge in [-0.3, -0.25) is 0 Å². The molecule has 0 atom stereocenters. The summed E-state index contributed by atoms with van der Waals surface area (Å²) >= 11 is 0. The van der Waals surface area contributed by atoms with Crippen LogP contribution in [0.15, 0.2) is 59.5 Å². The molecule has 0 fully saturated rings. The lowest BCUT2D eigenvalue weighted by Gasteiger charge is -2.07. The second-order valence-electron chi connectivity index (χ2n) is 4.80. The van der Waals surface area contributed by atoms with E-state index in [4.69, 9.17) is 0 Å². The van der Waals surface area contributed by atoms with Crippen LogP contribution in [0.25, 0.3) is 0 Å². The Morgan fingerprint density at radius 2 is 1.71 bits per heavy atom. The van der Waals surface area contributed by atoms with Crippen molar-refractivity contribution in [3.63, 3.8) is 0 Å². The normalized spacial score (nSPS) is 11.5. The minimum Gasteiger partial charge on any atom is -0.211 e. The van der Waals surface area contributed by atoms with Gasteiger partial charge in [0.25, 0.3) is 0 Å². The van der Waals surface area contributed by atoms with E-state index in [9.17, 15) is 12.8 Å². The molecule has 0 saturated carbocycles. The van der Waals surface area contributed by atoms with E-state index in [1.165, 1.54) is 23.8 Å². The molecule has 0 radical (unpaired) electrons. The molecule has 5 heteroatoms. The van der Waals surface area contributed by atoms with Crippen molar-refractivity contribution in [3.05, 3.63) is 66.0 Å². The third-order valence-electron chi connectivity index (χ3n) is 3.13. The van der Waals surface area contributed by atoms with Crippen LogP contribution in [0.3, 0.4) is 0 Å². The maximum absolute atomic E-state index is 13.0. The summed E-state index contributed by atoms with van der Waals surface area (Å²) in [6.07, 6.45) is 2.56. The van der Waals surface area contributed by atoms with Gasteiger partial charge in [0.15, 0.2) is 0 Å². The molecule has 0 amide bonds. The Hall–Kier alpha value is -1.72. The van der Waals surface area contributed by atoms with E-state index in [0.29, 0.717) is 6.54 Å². The van der Waals surface area contributed by atoms with Gasteiger partial charge in [-0.2, -0.15) is 0 Å². The lowest BCUT2D eigenvalue weighted by Crippen LogP contribution is -2.24. The summed E-state index contributed by atoms with van der Waals surface area (Å²) in [5.74, 6) is -0.554. The number of nitrogens with one attached hydrogen (secondary N) is 1. The lowest BCUT2D eigenvalue weighted by atomic mass is 10.1. The zero-order valence-corrected chi connectivity index (χ0v) is 12.4. The van der Waals surface area contributed by atoms with Crippen molar-refractivity contribution in [3.8, 4) is 0 Å². The highest BCUT2D eigenvalue weighted by atomic mass is 32.2. The van der Waals surface area contributed by atoms with Crippen molar-refractivity contribution >= 4 is 10.0 Å². The smallest absolute Gasteiger partial charge is 0.211 e. The molecule has 0 aliphatic carbocycles. The number of rotatable bonds is 7. The molecule has 3 nitrogen and oxygen atoms in total. The monoisotopic (exact) mass is 307 g/mol. The molecule has 2 rings (SSSR count). The second kappa shape index (κ2) is 7.33. The maximum Gasteiger partial charge on any atom is 0.240 e. The second-order valence-corrected chi connectivity index (χ2v) is 6.56. The van der Waals surface area contributed by atoms with Gasteiger partial charge in [-0.25, -0.2) is 17.5 Å². The number of benzene rings is 2. The maximum atomic E-state index is 13.0. The van der Waals surface area contributed by atoms with Crippen molar-refractivity contribution in [2.75, 3.05) is 6.54 Å². The van der Waals surface area contributed by atoms with E-state index < -0.39 is 15.8 Å². The Morgan fingerprint density at radius 3 is 2.43 bits per heavy atom. The lowest BCUT2D eigenvalue weighted by molar-refractivity contribution is 0.573. The molecular weight excluding hydrogens is 289 g/mol. The molecule has 0 unspecified atom stereocenters. The minimum absolute atomic E-state index is 0.0365. The predicted octanol–water partition coefficient (Wildman–Crippen LogP) is 3.13. The Labute approximate surface area is 124 Å². The average Bonchev–Trinajstić information content (AvgIpc) is 2.48. The van der Waals surface area contributed by atoms with E-state index in [1.54, 1.807) is 0 Å². The summed E-state index contributed by atoms with van der Waals surface area (Å²) < 4.78 is 39.4. The van der Waals surface area contributed by atoms with E-state index in [0.717, 1.165) is 25.3 Å². The third kappa shape index (κ3) is 4.95. The number of hydrogen-bond donors (Lipinski definition) is 1. The largest absolute Gasteiger partial charge is 0.240 e. The fraction of sp³-hybridized carbons (Fsp3) is 0.250. The van der Waals surface area contributed by atoms with E-state index >= 15 is 0 Å². The minimum atomic E-state index is -3.62. The molecule has 112 valence electrons. The number of aryl methyl sites for hydroxylation is 1. The van der Waals surface area contributed by atoms with Crippen LogP contribution in [-0.2, 0) is 16.4 Å². The standard InChI is InChI=1S/C16H18FNO2S/c17-15-10-6-11-16(13-15)21(19,20)18-12-5-4-9-14-7-2-1-3-8-14/h1-3,6-8,10-11,13,18H,4-5,9,12H2. The average molecular weight is 307 g/mol. The van der Waals surface area contributed by atoms with Crippen molar-refractivity contribution in [2.24, 2.45) is 0 Å². The van der Waals surface area contributed by atoms with Crippen LogP contribution in [0.4, 0.5) is 4.39 Å². The predicted molar refractivity (Wildman–Crippen MR) is 81.0 cm³/mol. The highest BCUT2D eigenvalue weighted by Crippen LogP contribution is 2.10. The summed E-state index contributed by atoms with van der Waals surface area (Å²) in [7, 11) is -3.62. The molecule has 2 aromatic rings. The van der Waals surface area contributed by atoms with Gasteiger partial charge in [-0.15, -0.1) is 0 Å². The van der Waals surface area contributed by atoms with Gasteiger partial charge in [-0.1, -0.05) is 36.4 Å². The quantitative estimate of drug-likeness (QED) is 0.799. The van der Waals surface area contributed by atoms with Crippen LogP contribution in [-0.4, -0.2) is 15.0 Å². The van der Waals surface area contributed by atoms with E-state index in [2.05, 4.69) is 16.9 Å². The molecule has 0 bridgehead atoms. The Kier molecular flexibility index (Phi) is 5.47. The topological polar surface area (TPSA) is 46.2 Å². The van der Waals surface area contributed by atoms with Gasteiger partial charge in [0, 0.05) is 6.54 Å². The van der Waals surface area contributed by atoms with Crippen LogP contribution >= 0.6 is 0 Å². The highest BCUT2D eigenvalue weighted by molar-refractivity contribution is 7.89. The first-order chi connectivity index (χ1) is 10.1. The van der Waals surface area contributed by atoms with Gasteiger partial charge >= 0.3 is 0 Å². The summed E-state index contributed by atoms with van der Waals surface area (Å²) in [5.41, 5.74) is 1.24. The van der Waals surface area contributed by atoms with Crippen LogP contribution < -0.4 is 4.72 Å². The summed E-state index contributed by atoms with van der Waals surface area (Å²) in [6, 6.07) is 15.1. The zero-order valence-electron chi connectivity index (χ0n) is 11.6. The Balaban J connectivity index is 1.78. The molecule has 0 aromatic heterocycles. The van der Waals surface area contributed by atoms with Crippen molar-refractivity contribution in [1.82, 2.24) is 4.72 Å². The number of sulfonamides is 1. The van der Waals surface area contributed by atoms with Gasteiger partial charge in [0.05, 0.1) is 4.90 Å². The number of halogens is 1. The fourth-order valence-electron chi connectivity index (χ4n) is 2.02. The SMILES string of the molecule is O=S(=O)(NCCCCc1ccccc1)c1cccc(F)c1. The summed E-state index contributed by atoms with van der Waals surface area (Å²) in [4.78, 5) is -0.0365.